The number of carbonyl (C=O) groups excluding carboxylic acids is 1. The number of benzene rings is 1. The molecule has 0 fully saturated rings. The minimum Gasteiger partial charge on any atom is -0.497 e. The van der Waals surface area contributed by atoms with Gasteiger partial charge in [-0.25, -0.2) is 9.78 Å². The number of nitrogens with one attached hydrogen (secondary N) is 2. The number of imidazole rings is 1. The van der Waals surface area contributed by atoms with Gasteiger partial charge in [0.2, 0.25) is 5.91 Å². The van der Waals surface area contributed by atoms with E-state index >= 15 is 0 Å². The molecule has 1 aromatic carbocycles. The zero-order chi connectivity index (χ0) is 20.3. The molecule has 0 spiro atoms. The van der Waals surface area contributed by atoms with E-state index in [1.807, 2.05) is 24.3 Å². The second-order valence-electron chi connectivity index (χ2n) is 6.18. The Morgan fingerprint density at radius 3 is 2.61 bits per heavy atom. The van der Waals surface area contributed by atoms with E-state index in [2.05, 4.69) is 15.3 Å². The summed E-state index contributed by atoms with van der Waals surface area (Å²) >= 11 is 1.18. The van der Waals surface area contributed by atoms with Crippen molar-refractivity contribution in [2.45, 2.75) is 11.6 Å². The molecule has 148 valence electrons. The average Bonchev–Trinajstić information content (AvgIpc) is 3.14. The van der Waals surface area contributed by atoms with Crippen molar-refractivity contribution in [1.29, 1.82) is 0 Å². The molecule has 0 aliphatic carbocycles. The van der Waals surface area contributed by atoms with Gasteiger partial charge in [-0.3, -0.25) is 18.7 Å². The van der Waals surface area contributed by atoms with Crippen LogP contribution in [0.2, 0.25) is 0 Å². The van der Waals surface area contributed by atoms with Crippen LogP contribution in [0.1, 0.15) is 5.56 Å². The van der Waals surface area contributed by atoms with Crippen LogP contribution in [-0.2, 0) is 25.3 Å². The molecule has 28 heavy (non-hydrogen) atoms. The maximum Gasteiger partial charge on any atom is 0.332 e. The van der Waals surface area contributed by atoms with E-state index in [1.165, 1.54) is 23.4 Å². The number of rotatable bonds is 7. The fourth-order valence-corrected chi connectivity index (χ4v) is 3.39. The Hall–Kier alpha value is -3.01. The number of amides is 1. The zero-order valence-corrected chi connectivity index (χ0v) is 16.6. The van der Waals surface area contributed by atoms with Crippen molar-refractivity contribution in [3.8, 4) is 5.75 Å². The van der Waals surface area contributed by atoms with Crippen LogP contribution in [0.3, 0.4) is 0 Å². The SMILES string of the molecule is COc1ccc(CCNC(=O)CSc2nc3c([nH]2)c(=O)n(C)c(=O)n3C)cc1. The first-order valence-electron chi connectivity index (χ1n) is 8.59. The summed E-state index contributed by atoms with van der Waals surface area (Å²) < 4.78 is 7.43. The third-order valence-corrected chi connectivity index (χ3v) is 5.18. The topological polar surface area (TPSA) is 111 Å². The number of carbonyl (C=O) groups is 1. The first-order chi connectivity index (χ1) is 13.4. The van der Waals surface area contributed by atoms with Crippen molar-refractivity contribution in [3.63, 3.8) is 0 Å². The molecule has 0 aliphatic heterocycles. The molecule has 0 radical (unpaired) electrons. The van der Waals surface area contributed by atoms with Gasteiger partial charge in [0.15, 0.2) is 16.3 Å². The van der Waals surface area contributed by atoms with Crippen LogP contribution in [0.25, 0.3) is 11.2 Å². The van der Waals surface area contributed by atoms with Gasteiger partial charge in [-0.05, 0) is 24.1 Å². The number of thioether (sulfide) groups is 1. The van der Waals surface area contributed by atoms with Crippen molar-refractivity contribution >= 4 is 28.8 Å². The molecule has 0 saturated heterocycles. The number of hydrogen-bond acceptors (Lipinski definition) is 6. The fourth-order valence-electron chi connectivity index (χ4n) is 2.70. The van der Waals surface area contributed by atoms with Crippen LogP contribution in [0.5, 0.6) is 5.75 Å². The highest BCUT2D eigenvalue weighted by Crippen LogP contribution is 2.16. The van der Waals surface area contributed by atoms with Gasteiger partial charge in [-0.15, -0.1) is 0 Å². The second-order valence-corrected chi connectivity index (χ2v) is 7.15. The Labute approximate surface area is 164 Å². The van der Waals surface area contributed by atoms with Crippen molar-refractivity contribution in [2.24, 2.45) is 14.1 Å². The van der Waals surface area contributed by atoms with Crippen molar-refractivity contribution in [2.75, 3.05) is 19.4 Å². The highest BCUT2D eigenvalue weighted by Gasteiger charge is 2.14. The minimum atomic E-state index is -0.447. The number of H-pyrrole nitrogens is 1. The average molecular weight is 403 g/mol. The maximum absolute atomic E-state index is 12.2. The van der Waals surface area contributed by atoms with Crippen LogP contribution >= 0.6 is 11.8 Å². The summed E-state index contributed by atoms with van der Waals surface area (Å²) in [5.41, 5.74) is 0.726. The lowest BCUT2D eigenvalue weighted by molar-refractivity contribution is -0.118. The van der Waals surface area contributed by atoms with Crippen LogP contribution in [0.4, 0.5) is 0 Å². The summed E-state index contributed by atoms with van der Waals surface area (Å²) in [5.74, 6) is 0.805. The van der Waals surface area contributed by atoms with Crippen LogP contribution in [-0.4, -0.2) is 44.4 Å². The first kappa shape index (κ1) is 19.7. The van der Waals surface area contributed by atoms with Crippen LogP contribution in [0.15, 0.2) is 39.0 Å². The number of fused-ring (bicyclic) bond motifs is 1. The normalized spacial score (nSPS) is 11.0. The van der Waals surface area contributed by atoms with Crippen molar-refractivity contribution in [1.82, 2.24) is 24.4 Å². The Morgan fingerprint density at radius 2 is 1.93 bits per heavy atom. The van der Waals surface area contributed by atoms with E-state index in [-0.39, 0.29) is 22.8 Å². The number of hydrogen-bond donors (Lipinski definition) is 2. The summed E-state index contributed by atoms with van der Waals surface area (Å²) in [6.07, 6.45) is 0.712. The Bertz CT molecular complexity index is 1110. The molecule has 0 saturated carbocycles. The number of methoxy groups -OCH3 is 1. The molecule has 2 heterocycles. The largest absolute Gasteiger partial charge is 0.497 e. The monoisotopic (exact) mass is 403 g/mol. The van der Waals surface area contributed by atoms with Gasteiger partial charge in [-0.1, -0.05) is 23.9 Å². The Balaban J connectivity index is 1.55. The summed E-state index contributed by atoms with van der Waals surface area (Å²) in [4.78, 5) is 43.3. The van der Waals surface area contributed by atoms with Crippen molar-refractivity contribution in [3.05, 3.63) is 50.7 Å². The number of ether oxygens (including phenoxy) is 1. The van der Waals surface area contributed by atoms with E-state index in [9.17, 15) is 14.4 Å². The highest BCUT2D eigenvalue weighted by atomic mass is 32.2. The van der Waals surface area contributed by atoms with Gasteiger partial charge in [0.25, 0.3) is 5.56 Å². The van der Waals surface area contributed by atoms with Gasteiger partial charge in [0.1, 0.15) is 5.75 Å². The lowest BCUT2D eigenvalue weighted by atomic mass is 10.1. The van der Waals surface area contributed by atoms with E-state index in [1.54, 1.807) is 14.2 Å². The zero-order valence-electron chi connectivity index (χ0n) is 15.8. The molecule has 10 heteroatoms. The molecule has 2 N–H and O–H groups in total. The van der Waals surface area contributed by atoms with Gasteiger partial charge >= 0.3 is 5.69 Å². The molecule has 3 aromatic rings. The molecule has 0 unspecified atom stereocenters. The molecule has 0 bridgehead atoms. The highest BCUT2D eigenvalue weighted by molar-refractivity contribution is 7.99. The number of aromatic nitrogens is 4. The molecular weight excluding hydrogens is 382 g/mol. The van der Waals surface area contributed by atoms with Crippen molar-refractivity contribution < 1.29 is 9.53 Å². The molecule has 0 atom stereocenters. The smallest absolute Gasteiger partial charge is 0.332 e. The molecule has 3 rings (SSSR count). The molecule has 0 aliphatic rings. The Morgan fingerprint density at radius 1 is 1.21 bits per heavy atom. The fraction of sp³-hybridized carbons (Fsp3) is 0.333. The van der Waals surface area contributed by atoms with Crippen LogP contribution < -0.4 is 21.3 Å². The first-order valence-corrected chi connectivity index (χ1v) is 9.57. The quantitative estimate of drug-likeness (QED) is 0.553. The predicted octanol–water partition coefficient (Wildman–Crippen LogP) is 0.420. The van der Waals surface area contributed by atoms with Gasteiger partial charge in [0, 0.05) is 20.6 Å². The maximum atomic E-state index is 12.2. The summed E-state index contributed by atoms with van der Waals surface area (Å²) in [7, 11) is 4.58. The lowest BCUT2D eigenvalue weighted by Gasteiger charge is -2.05. The molecule has 1 amide bonds. The van der Waals surface area contributed by atoms with E-state index < -0.39 is 11.2 Å². The van der Waals surface area contributed by atoms with Gasteiger partial charge in [-0.2, -0.15) is 0 Å². The van der Waals surface area contributed by atoms with Gasteiger partial charge in [0.05, 0.1) is 12.9 Å². The van der Waals surface area contributed by atoms with E-state index in [0.717, 1.165) is 15.9 Å². The number of aromatic amines is 1. The minimum absolute atomic E-state index is 0.138. The molecule has 2 aromatic heterocycles. The van der Waals surface area contributed by atoms with Crippen LogP contribution in [0, 0.1) is 0 Å². The van der Waals surface area contributed by atoms with E-state index in [4.69, 9.17) is 4.74 Å². The third kappa shape index (κ3) is 4.11. The number of aryl methyl sites for hydroxylation is 1. The summed E-state index contributed by atoms with van der Waals surface area (Å²) in [5, 5.41) is 3.27. The second kappa shape index (κ2) is 8.34. The lowest BCUT2D eigenvalue weighted by Crippen LogP contribution is -2.36. The standard InChI is InChI=1S/C18H21N5O4S/c1-22-15-14(16(25)23(2)18(22)26)20-17(21-15)28-10-13(24)19-9-8-11-4-6-12(27-3)7-5-11/h4-7H,8-10H2,1-3H3,(H,19,24)(H,20,21). The predicted molar refractivity (Wildman–Crippen MR) is 107 cm³/mol. The molecular formula is C18H21N5O4S. The summed E-state index contributed by atoms with van der Waals surface area (Å²) in [6, 6.07) is 7.68. The summed E-state index contributed by atoms with van der Waals surface area (Å²) in [6.45, 7) is 0.515. The Kier molecular flexibility index (Phi) is 5.88. The third-order valence-electron chi connectivity index (χ3n) is 4.31. The number of nitrogens with zero attached hydrogens (tertiary/aromatic N) is 3. The van der Waals surface area contributed by atoms with E-state index in [0.29, 0.717) is 18.1 Å². The van der Waals surface area contributed by atoms with Gasteiger partial charge < -0.3 is 15.0 Å². The molecule has 9 nitrogen and oxygen atoms in total.